The molecule has 18 heavy (non-hydrogen) atoms. The largest absolute Gasteiger partial charge is 0.379 e. The molecule has 1 aliphatic heterocycles. The summed E-state index contributed by atoms with van der Waals surface area (Å²) in [7, 11) is -3.58. The molecule has 1 aromatic rings. The summed E-state index contributed by atoms with van der Waals surface area (Å²) in [5.41, 5.74) is 0.359. The van der Waals surface area contributed by atoms with Crippen LogP contribution in [0.25, 0.3) is 0 Å². The van der Waals surface area contributed by atoms with Gasteiger partial charge < -0.3 is 4.74 Å². The lowest BCUT2D eigenvalue weighted by Crippen LogP contribution is -2.43. The highest BCUT2D eigenvalue weighted by Gasteiger charge is 2.24. The predicted molar refractivity (Wildman–Crippen MR) is 74.1 cm³/mol. The second-order valence-electron chi connectivity index (χ2n) is 3.74. The van der Waals surface area contributed by atoms with Gasteiger partial charge in [0.25, 0.3) is 0 Å². The van der Waals surface area contributed by atoms with Crippen molar-refractivity contribution in [1.29, 1.82) is 0 Å². The van der Waals surface area contributed by atoms with Gasteiger partial charge in [0.1, 0.15) is 0 Å². The lowest BCUT2D eigenvalue weighted by atomic mass is 10.3. The number of hydrogen-bond acceptors (Lipinski definition) is 3. The normalized spacial score (nSPS) is 17.7. The van der Waals surface area contributed by atoms with Crippen molar-refractivity contribution in [3.8, 4) is 0 Å². The lowest BCUT2D eigenvalue weighted by molar-refractivity contribution is 0.0733. The molecule has 0 bridgehead atoms. The zero-order chi connectivity index (χ0) is 13.2. The molecule has 1 heterocycles. The molecule has 0 radical (unpaired) electrons. The van der Waals surface area contributed by atoms with E-state index < -0.39 is 10.2 Å². The van der Waals surface area contributed by atoms with E-state index in [0.717, 1.165) is 4.47 Å². The summed E-state index contributed by atoms with van der Waals surface area (Å²) in [4.78, 5) is 0. The summed E-state index contributed by atoms with van der Waals surface area (Å²) in [6.07, 6.45) is 0. The van der Waals surface area contributed by atoms with E-state index in [-0.39, 0.29) is 0 Å². The summed E-state index contributed by atoms with van der Waals surface area (Å²) in [6, 6.07) is 5.00. The van der Waals surface area contributed by atoms with Crippen LogP contribution < -0.4 is 4.72 Å². The molecule has 1 aromatic carbocycles. The van der Waals surface area contributed by atoms with Gasteiger partial charge in [-0.25, -0.2) is 0 Å². The fourth-order valence-corrected chi connectivity index (χ4v) is 3.35. The van der Waals surface area contributed by atoms with E-state index in [0.29, 0.717) is 37.0 Å². The van der Waals surface area contributed by atoms with E-state index >= 15 is 0 Å². The summed E-state index contributed by atoms with van der Waals surface area (Å²) in [5, 5.41) is 0.357. The molecule has 0 aliphatic carbocycles. The van der Waals surface area contributed by atoms with E-state index in [1.165, 1.54) is 4.31 Å². The number of morpholine rings is 1. The second-order valence-corrected chi connectivity index (χ2v) is 6.74. The Kier molecular flexibility index (Phi) is 4.50. The fraction of sp³-hybridized carbons (Fsp3) is 0.400. The van der Waals surface area contributed by atoms with Gasteiger partial charge in [-0.2, -0.15) is 12.7 Å². The zero-order valence-corrected chi connectivity index (χ0v) is 12.6. The monoisotopic (exact) mass is 354 g/mol. The maximum atomic E-state index is 12.1. The fourth-order valence-electron chi connectivity index (χ4n) is 1.57. The molecular formula is C10H12BrClN2O3S. The Balaban J connectivity index is 2.18. The highest BCUT2D eigenvalue weighted by Crippen LogP contribution is 2.27. The highest BCUT2D eigenvalue weighted by atomic mass is 79.9. The summed E-state index contributed by atoms with van der Waals surface area (Å²) >= 11 is 9.22. The molecule has 100 valence electrons. The van der Waals surface area contributed by atoms with Crippen molar-refractivity contribution < 1.29 is 13.2 Å². The second kappa shape index (κ2) is 5.75. The Morgan fingerprint density at radius 1 is 1.33 bits per heavy atom. The quantitative estimate of drug-likeness (QED) is 0.903. The first kappa shape index (κ1) is 14.1. The molecule has 0 aromatic heterocycles. The Hall–Kier alpha value is -0.340. The standard InChI is InChI=1S/C10H12BrClN2O3S/c11-8-1-2-9(12)10(7-8)13-18(15,16)14-3-5-17-6-4-14/h1-2,7,13H,3-6H2. The summed E-state index contributed by atoms with van der Waals surface area (Å²) in [6.45, 7) is 1.52. The minimum atomic E-state index is -3.58. The molecule has 0 saturated carbocycles. The summed E-state index contributed by atoms with van der Waals surface area (Å²) < 4.78 is 33.9. The first-order chi connectivity index (χ1) is 8.49. The molecule has 1 saturated heterocycles. The van der Waals surface area contributed by atoms with Gasteiger partial charge in [-0.1, -0.05) is 27.5 Å². The molecule has 0 amide bonds. The van der Waals surface area contributed by atoms with Crippen molar-refractivity contribution >= 4 is 43.4 Å². The molecule has 1 N–H and O–H groups in total. The zero-order valence-electron chi connectivity index (χ0n) is 9.40. The van der Waals surface area contributed by atoms with Crippen LogP contribution in [0, 0.1) is 0 Å². The van der Waals surface area contributed by atoms with Crippen molar-refractivity contribution in [2.45, 2.75) is 0 Å². The Bertz CT molecular complexity index is 532. The van der Waals surface area contributed by atoms with Crippen molar-refractivity contribution in [3.05, 3.63) is 27.7 Å². The van der Waals surface area contributed by atoms with E-state index in [1.807, 2.05) is 0 Å². The third-order valence-electron chi connectivity index (χ3n) is 2.48. The Morgan fingerprint density at radius 3 is 2.67 bits per heavy atom. The van der Waals surface area contributed by atoms with E-state index in [9.17, 15) is 8.42 Å². The van der Waals surface area contributed by atoms with Crippen LogP contribution in [0.1, 0.15) is 0 Å². The van der Waals surface area contributed by atoms with Crippen LogP contribution in [-0.2, 0) is 14.9 Å². The lowest BCUT2D eigenvalue weighted by Gasteiger charge is -2.26. The van der Waals surface area contributed by atoms with Crippen LogP contribution >= 0.6 is 27.5 Å². The van der Waals surface area contributed by atoms with Crippen LogP contribution in [0.4, 0.5) is 5.69 Å². The molecule has 0 atom stereocenters. The third-order valence-corrected chi connectivity index (χ3v) is 4.82. The number of benzene rings is 1. The number of hydrogen-bond donors (Lipinski definition) is 1. The van der Waals surface area contributed by atoms with Crippen LogP contribution in [0.2, 0.25) is 5.02 Å². The van der Waals surface area contributed by atoms with Crippen molar-refractivity contribution in [3.63, 3.8) is 0 Å². The maximum absolute atomic E-state index is 12.1. The first-order valence-corrected chi connectivity index (χ1v) is 7.91. The van der Waals surface area contributed by atoms with Gasteiger partial charge in [-0.3, -0.25) is 4.72 Å². The van der Waals surface area contributed by atoms with Crippen LogP contribution in [-0.4, -0.2) is 39.0 Å². The maximum Gasteiger partial charge on any atom is 0.301 e. The minimum Gasteiger partial charge on any atom is -0.379 e. The van der Waals surface area contributed by atoms with Crippen molar-refractivity contribution in [2.24, 2.45) is 0 Å². The van der Waals surface area contributed by atoms with Gasteiger partial charge in [0.2, 0.25) is 0 Å². The topological polar surface area (TPSA) is 58.6 Å². The van der Waals surface area contributed by atoms with Gasteiger partial charge in [-0.05, 0) is 18.2 Å². The van der Waals surface area contributed by atoms with Gasteiger partial charge in [0.05, 0.1) is 23.9 Å². The highest BCUT2D eigenvalue weighted by molar-refractivity contribution is 9.10. The van der Waals surface area contributed by atoms with Crippen LogP contribution in [0.3, 0.4) is 0 Å². The molecule has 8 heteroatoms. The van der Waals surface area contributed by atoms with Gasteiger partial charge in [-0.15, -0.1) is 0 Å². The third kappa shape index (κ3) is 3.36. The number of nitrogens with one attached hydrogen (secondary N) is 1. The molecule has 1 fully saturated rings. The number of anilines is 1. The number of halogens is 2. The van der Waals surface area contributed by atoms with Crippen LogP contribution in [0.5, 0.6) is 0 Å². The molecule has 5 nitrogen and oxygen atoms in total. The minimum absolute atomic E-state index is 0.348. The van der Waals surface area contributed by atoms with Gasteiger partial charge in [0, 0.05) is 17.6 Å². The molecule has 0 unspecified atom stereocenters. The predicted octanol–water partition coefficient (Wildman–Crippen LogP) is 2.09. The van der Waals surface area contributed by atoms with Gasteiger partial charge >= 0.3 is 10.2 Å². The average Bonchev–Trinajstić information content (AvgIpc) is 2.35. The Labute approximate surface area is 119 Å². The smallest absolute Gasteiger partial charge is 0.301 e. The number of rotatable bonds is 3. The molecular weight excluding hydrogens is 344 g/mol. The molecule has 1 aliphatic rings. The molecule has 2 rings (SSSR count). The first-order valence-electron chi connectivity index (χ1n) is 5.30. The van der Waals surface area contributed by atoms with Crippen molar-refractivity contribution in [1.82, 2.24) is 4.31 Å². The summed E-state index contributed by atoms with van der Waals surface area (Å²) in [5.74, 6) is 0. The number of ether oxygens (including phenoxy) is 1. The average molecular weight is 356 g/mol. The van der Waals surface area contributed by atoms with E-state index in [4.69, 9.17) is 16.3 Å². The van der Waals surface area contributed by atoms with Crippen molar-refractivity contribution in [2.75, 3.05) is 31.0 Å². The van der Waals surface area contributed by atoms with E-state index in [2.05, 4.69) is 20.7 Å². The molecule has 0 spiro atoms. The van der Waals surface area contributed by atoms with E-state index in [1.54, 1.807) is 18.2 Å². The Morgan fingerprint density at radius 2 is 2.00 bits per heavy atom. The van der Waals surface area contributed by atoms with Crippen LogP contribution in [0.15, 0.2) is 22.7 Å². The number of nitrogens with zero attached hydrogens (tertiary/aromatic N) is 1. The SMILES string of the molecule is O=S(=O)(Nc1cc(Br)ccc1Cl)N1CCOCC1. The van der Waals surface area contributed by atoms with Gasteiger partial charge in [0.15, 0.2) is 0 Å².